The number of aryl methyl sites for hydroxylation is 3. The molecule has 0 radical (unpaired) electrons. The van der Waals surface area contributed by atoms with Crippen LogP contribution in [0, 0.1) is 20.8 Å². The summed E-state index contributed by atoms with van der Waals surface area (Å²) in [7, 11) is -3.74. The summed E-state index contributed by atoms with van der Waals surface area (Å²) < 4.78 is 29.0. The number of fused-ring (bicyclic) bond motifs is 1. The normalized spacial score (nSPS) is 11.8. The van der Waals surface area contributed by atoms with Crippen molar-refractivity contribution in [2.75, 3.05) is 10.8 Å². The number of rotatable bonds is 5. The summed E-state index contributed by atoms with van der Waals surface area (Å²) in [6.07, 6.45) is 0.645. The molecular weight excluding hydrogens is 338 g/mol. The zero-order valence-electron chi connectivity index (χ0n) is 14.8. The van der Waals surface area contributed by atoms with Crippen LogP contribution in [-0.2, 0) is 10.0 Å². The van der Waals surface area contributed by atoms with Crippen molar-refractivity contribution in [1.82, 2.24) is 19.6 Å². The van der Waals surface area contributed by atoms with Gasteiger partial charge in [0.05, 0.1) is 4.90 Å². The molecule has 2 heterocycles. The quantitative estimate of drug-likeness (QED) is 0.699. The third-order valence-electron chi connectivity index (χ3n) is 3.87. The summed E-state index contributed by atoms with van der Waals surface area (Å²) in [5.41, 5.74) is 2.67. The molecule has 25 heavy (non-hydrogen) atoms. The van der Waals surface area contributed by atoms with Crippen LogP contribution in [0.4, 0.5) is 5.95 Å². The van der Waals surface area contributed by atoms with Crippen molar-refractivity contribution in [1.29, 1.82) is 0 Å². The molecule has 0 amide bonds. The van der Waals surface area contributed by atoms with E-state index in [2.05, 4.69) is 15.1 Å². The molecular formula is C17H21N5O2S. The minimum absolute atomic E-state index is 0.142. The van der Waals surface area contributed by atoms with Crippen molar-refractivity contribution < 1.29 is 8.42 Å². The minimum Gasteiger partial charge on any atom is -0.232 e. The first kappa shape index (κ1) is 17.3. The molecule has 7 nitrogen and oxygen atoms in total. The van der Waals surface area contributed by atoms with Crippen LogP contribution < -0.4 is 4.31 Å². The van der Waals surface area contributed by atoms with Crippen molar-refractivity contribution >= 4 is 21.7 Å². The second-order valence-corrected chi connectivity index (χ2v) is 7.92. The van der Waals surface area contributed by atoms with Gasteiger partial charge in [0.15, 0.2) is 0 Å². The van der Waals surface area contributed by atoms with Crippen LogP contribution in [0.1, 0.15) is 30.3 Å². The molecule has 0 saturated heterocycles. The monoisotopic (exact) mass is 359 g/mol. The number of nitrogens with zero attached hydrogens (tertiary/aromatic N) is 5. The average Bonchev–Trinajstić information content (AvgIpc) is 2.96. The average molecular weight is 359 g/mol. The van der Waals surface area contributed by atoms with Gasteiger partial charge >= 0.3 is 0 Å². The Balaban J connectivity index is 2.12. The molecule has 0 N–H and O–H groups in total. The lowest BCUT2D eigenvalue weighted by Gasteiger charge is -2.20. The van der Waals surface area contributed by atoms with Gasteiger partial charge < -0.3 is 0 Å². The number of anilines is 1. The van der Waals surface area contributed by atoms with E-state index in [1.165, 1.54) is 4.31 Å². The summed E-state index contributed by atoms with van der Waals surface area (Å²) in [5.74, 6) is 0.538. The lowest BCUT2D eigenvalue weighted by Crippen LogP contribution is -2.32. The highest BCUT2D eigenvalue weighted by Crippen LogP contribution is 2.22. The smallest absolute Gasteiger partial charge is 0.232 e. The van der Waals surface area contributed by atoms with Crippen molar-refractivity contribution in [2.24, 2.45) is 0 Å². The van der Waals surface area contributed by atoms with E-state index >= 15 is 0 Å². The maximum absolute atomic E-state index is 13.1. The van der Waals surface area contributed by atoms with Crippen LogP contribution in [0.15, 0.2) is 35.2 Å². The van der Waals surface area contributed by atoms with Gasteiger partial charge in [-0.15, -0.1) is 5.10 Å². The van der Waals surface area contributed by atoms with Crippen molar-refractivity contribution in [2.45, 2.75) is 39.0 Å². The van der Waals surface area contributed by atoms with Gasteiger partial charge in [-0.1, -0.05) is 24.6 Å². The van der Waals surface area contributed by atoms with Crippen molar-refractivity contribution in [3.63, 3.8) is 0 Å². The highest BCUT2D eigenvalue weighted by atomic mass is 32.2. The van der Waals surface area contributed by atoms with Crippen molar-refractivity contribution in [3.05, 3.63) is 47.3 Å². The Morgan fingerprint density at radius 1 is 1.08 bits per heavy atom. The number of aromatic nitrogens is 4. The zero-order valence-corrected chi connectivity index (χ0v) is 15.6. The van der Waals surface area contributed by atoms with Gasteiger partial charge in [-0.3, -0.25) is 0 Å². The highest BCUT2D eigenvalue weighted by molar-refractivity contribution is 7.92. The van der Waals surface area contributed by atoms with Gasteiger partial charge in [0.2, 0.25) is 0 Å². The Labute approximate surface area is 147 Å². The molecule has 0 aliphatic rings. The van der Waals surface area contributed by atoms with E-state index in [-0.39, 0.29) is 10.8 Å². The van der Waals surface area contributed by atoms with Crippen LogP contribution in [0.3, 0.4) is 0 Å². The minimum atomic E-state index is -3.74. The standard InChI is InChI=1S/C17H21N5O2S/c1-5-10-21(25(23,24)15-8-6-12(2)7-9-15)17-19-16-18-13(3)11-14(4)22(16)20-17/h6-9,11H,5,10H2,1-4H3. The lowest BCUT2D eigenvalue weighted by molar-refractivity contribution is 0.588. The SMILES string of the molecule is CCCN(c1nc2nc(C)cc(C)n2n1)S(=O)(=O)c1ccc(C)cc1. The van der Waals surface area contributed by atoms with E-state index in [1.54, 1.807) is 28.8 Å². The molecule has 0 spiro atoms. The number of hydrogen-bond donors (Lipinski definition) is 0. The summed E-state index contributed by atoms with van der Waals surface area (Å²) in [6.45, 7) is 7.89. The maximum atomic E-state index is 13.1. The Bertz CT molecular complexity index is 1010. The molecule has 0 bridgehead atoms. The van der Waals surface area contributed by atoms with E-state index in [4.69, 9.17) is 0 Å². The number of hydrogen-bond acceptors (Lipinski definition) is 5. The zero-order chi connectivity index (χ0) is 18.2. The van der Waals surface area contributed by atoms with Gasteiger partial charge in [0.25, 0.3) is 21.7 Å². The molecule has 0 saturated carbocycles. The van der Waals surface area contributed by atoms with Gasteiger partial charge in [0.1, 0.15) is 0 Å². The Morgan fingerprint density at radius 2 is 1.76 bits per heavy atom. The third kappa shape index (κ3) is 3.21. The van der Waals surface area contributed by atoms with Crippen LogP contribution >= 0.6 is 0 Å². The maximum Gasteiger partial charge on any atom is 0.266 e. The van der Waals surface area contributed by atoms with Gasteiger partial charge in [0, 0.05) is 17.9 Å². The molecule has 0 fully saturated rings. The molecule has 0 unspecified atom stereocenters. The molecule has 3 rings (SSSR count). The highest BCUT2D eigenvalue weighted by Gasteiger charge is 2.28. The van der Waals surface area contributed by atoms with E-state index in [0.717, 1.165) is 17.0 Å². The Morgan fingerprint density at radius 3 is 2.40 bits per heavy atom. The van der Waals surface area contributed by atoms with Gasteiger partial charge in [-0.05, 0) is 45.4 Å². The van der Waals surface area contributed by atoms with Crippen molar-refractivity contribution in [3.8, 4) is 0 Å². The molecule has 3 aromatic rings. The van der Waals surface area contributed by atoms with Gasteiger partial charge in [-0.2, -0.15) is 9.50 Å². The fraction of sp³-hybridized carbons (Fsp3) is 0.353. The molecule has 8 heteroatoms. The fourth-order valence-electron chi connectivity index (χ4n) is 2.63. The van der Waals surface area contributed by atoms with E-state index in [1.807, 2.05) is 33.8 Å². The van der Waals surface area contributed by atoms with E-state index in [0.29, 0.717) is 18.7 Å². The predicted molar refractivity (Wildman–Crippen MR) is 96.3 cm³/mol. The second kappa shape index (κ2) is 6.44. The van der Waals surface area contributed by atoms with E-state index in [9.17, 15) is 8.42 Å². The van der Waals surface area contributed by atoms with Crippen LogP contribution in [0.25, 0.3) is 5.78 Å². The van der Waals surface area contributed by atoms with Crippen LogP contribution in [0.2, 0.25) is 0 Å². The summed E-state index contributed by atoms with van der Waals surface area (Å²) >= 11 is 0. The summed E-state index contributed by atoms with van der Waals surface area (Å²) in [5, 5.41) is 4.37. The van der Waals surface area contributed by atoms with Crippen LogP contribution in [-0.4, -0.2) is 34.5 Å². The first-order chi connectivity index (χ1) is 11.8. The topological polar surface area (TPSA) is 80.5 Å². The second-order valence-electron chi connectivity index (χ2n) is 6.05. The number of sulfonamides is 1. The van der Waals surface area contributed by atoms with E-state index < -0.39 is 10.0 Å². The Kier molecular flexibility index (Phi) is 4.47. The molecule has 2 aromatic heterocycles. The first-order valence-electron chi connectivity index (χ1n) is 8.13. The van der Waals surface area contributed by atoms with Crippen LogP contribution in [0.5, 0.6) is 0 Å². The summed E-state index contributed by atoms with van der Waals surface area (Å²) in [4.78, 5) is 8.91. The Hall–Kier alpha value is -2.48. The fourth-order valence-corrected chi connectivity index (χ4v) is 4.08. The molecule has 0 aliphatic carbocycles. The molecule has 132 valence electrons. The molecule has 0 atom stereocenters. The lowest BCUT2D eigenvalue weighted by atomic mass is 10.2. The van der Waals surface area contributed by atoms with Gasteiger partial charge in [-0.25, -0.2) is 17.7 Å². The molecule has 0 aliphatic heterocycles. The number of benzene rings is 1. The summed E-state index contributed by atoms with van der Waals surface area (Å²) in [6, 6.07) is 8.66. The third-order valence-corrected chi connectivity index (χ3v) is 5.66. The predicted octanol–water partition coefficient (Wildman–Crippen LogP) is 2.65. The molecule has 1 aromatic carbocycles. The first-order valence-corrected chi connectivity index (χ1v) is 9.57. The largest absolute Gasteiger partial charge is 0.266 e.